The number of nitrogens with zero attached hydrogens (tertiary/aromatic N) is 1. The lowest BCUT2D eigenvalue weighted by Gasteiger charge is -2.17. The zero-order chi connectivity index (χ0) is 15.1. The van der Waals surface area contributed by atoms with E-state index in [4.69, 9.17) is 10.5 Å². The van der Waals surface area contributed by atoms with Gasteiger partial charge in [0.15, 0.2) is 0 Å². The first-order chi connectivity index (χ1) is 10.3. The van der Waals surface area contributed by atoms with E-state index in [9.17, 15) is 4.79 Å². The highest BCUT2D eigenvalue weighted by Crippen LogP contribution is 2.32. The molecule has 1 heterocycles. The highest BCUT2D eigenvalue weighted by molar-refractivity contribution is 5.76. The molecule has 1 aliphatic heterocycles. The van der Waals surface area contributed by atoms with Crippen LogP contribution in [0.4, 0.5) is 0 Å². The Labute approximate surface area is 127 Å². The molecule has 1 fully saturated rings. The van der Waals surface area contributed by atoms with Crippen molar-refractivity contribution in [2.45, 2.75) is 25.7 Å². The molecule has 0 bridgehead atoms. The van der Waals surface area contributed by atoms with Crippen LogP contribution in [0, 0.1) is 5.92 Å². The maximum Gasteiger partial charge on any atom is 0.222 e. The molecule has 1 aromatic rings. The Morgan fingerprint density at radius 3 is 2.76 bits per heavy atom. The van der Waals surface area contributed by atoms with Crippen LogP contribution in [0.1, 0.15) is 31.2 Å². The molecule has 4 nitrogen and oxygen atoms in total. The number of rotatable bonds is 7. The number of benzene rings is 1. The molecule has 0 radical (unpaired) electrons. The number of hydrogen-bond acceptors (Lipinski definition) is 3. The summed E-state index contributed by atoms with van der Waals surface area (Å²) in [5, 5.41) is 0. The number of likely N-dealkylation sites (tertiary alicyclic amines) is 1. The Bertz CT molecular complexity index is 436. The number of carbonyl (C=O) groups excluding carboxylic acids is 1. The first-order valence-corrected chi connectivity index (χ1v) is 7.86. The molecule has 21 heavy (non-hydrogen) atoms. The third-order valence-electron chi connectivity index (χ3n) is 4.21. The number of hydrogen-bond donors (Lipinski definition) is 1. The van der Waals surface area contributed by atoms with Crippen molar-refractivity contribution in [3.8, 4) is 0 Å². The second-order valence-corrected chi connectivity index (χ2v) is 5.61. The molecule has 0 aliphatic carbocycles. The van der Waals surface area contributed by atoms with Gasteiger partial charge in [-0.3, -0.25) is 4.79 Å². The van der Waals surface area contributed by atoms with Crippen LogP contribution in [0.25, 0.3) is 0 Å². The van der Waals surface area contributed by atoms with Gasteiger partial charge in [-0.2, -0.15) is 0 Å². The van der Waals surface area contributed by atoms with Crippen LogP contribution in [0.2, 0.25) is 0 Å². The lowest BCUT2D eigenvalue weighted by molar-refractivity contribution is -0.130. The summed E-state index contributed by atoms with van der Waals surface area (Å²) in [6, 6.07) is 10.4. The van der Waals surface area contributed by atoms with E-state index in [-0.39, 0.29) is 5.91 Å². The van der Waals surface area contributed by atoms with Gasteiger partial charge in [0.1, 0.15) is 0 Å². The van der Waals surface area contributed by atoms with Crippen molar-refractivity contribution >= 4 is 5.91 Å². The smallest absolute Gasteiger partial charge is 0.222 e. The molecular formula is C17H26N2O2. The molecule has 0 unspecified atom stereocenters. The maximum absolute atomic E-state index is 12.3. The zero-order valence-corrected chi connectivity index (χ0v) is 12.8. The van der Waals surface area contributed by atoms with Crippen molar-refractivity contribution in [2.24, 2.45) is 11.7 Å². The highest BCUT2D eigenvalue weighted by Gasteiger charge is 2.34. The zero-order valence-electron chi connectivity index (χ0n) is 12.8. The van der Waals surface area contributed by atoms with E-state index >= 15 is 0 Å². The van der Waals surface area contributed by atoms with E-state index < -0.39 is 0 Å². The lowest BCUT2D eigenvalue weighted by Crippen LogP contribution is -2.29. The molecule has 1 amide bonds. The maximum atomic E-state index is 12.3. The van der Waals surface area contributed by atoms with Gasteiger partial charge in [0.05, 0.1) is 0 Å². The molecule has 0 aromatic heterocycles. The Kier molecular flexibility index (Phi) is 6.21. The molecule has 1 saturated heterocycles. The van der Waals surface area contributed by atoms with E-state index in [2.05, 4.69) is 24.3 Å². The second-order valence-electron chi connectivity index (χ2n) is 5.61. The number of nitrogens with two attached hydrogens (primary N) is 1. The monoisotopic (exact) mass is 290 g/mol. The Morgan fingerprint density at radius 1 is 1.33 bits per heavy atom. The SMILES string of the molecule is CCOCCCC(=O)N1C[C@@H](CN)[C@H](c2ccccc2)C1. The van der Waals surface area contributed by atoms with Crippen molar-refractivity contribution in [3.63, 3.8) is 0 Å². The summed E-state index contributed by atoms with van der Waals surface area (Å²) in [6.07, 6.45) is 1.37. The van der Waals surface area contributed by atoms with Gasteiger partial charge in [0.25, 0.3) is 0 Å². The van der Waals surface area contributed by atoms with Gasteiger partial charge in [0.2, 0.25) is 5.91 Å². The number of ether oxygens (including phenoxy) is 1. The summed E-state index contributed by atoms with van der Waals surface area (Å²) in [5.41, 5.74) is 7.20. The second kappa shape index (κ2) is 8.15. The number of amides is 1. The summed E-state index contributed by atoms with van der Waals surface area (Å²) < 4.78 is 5.29. The van der Waals surface area contributed by atoms with E-state index in [0.29, 0.717) is 38.0 Å². The van der Waals surface area contributed by atoms with Crippen molar-refractivity contribution in [2.75, 3.05) is 32.8 Å². The van der Waals surface area contributed by atoms with Gasteiger partial charge < -0.3 is 15.4 Å². The van der Waals surface area contributed by atoms with Crippen LogP contribution in [0.5, 0.6) is 0 Å². The molecular weight excluding hydrogens is 264 g/mol. The average molecular weight is 290 g/mol. The van der Waals surface area contributed by atoms with Crippen molar-refractivity contribution in [1.29, 1.82) is 0 Å². The van der Waals surface area contributed by atoms with Crippen molar-refractivity contribution < 1.29 is 9.53 Å². The molecule has 2 rings (SSSR count). The quantitative estimate of drug-likeness (QED) is 0.782. The van der Waals surface area contributed by atoms with E-state index in [0.717, 1.165) is 19.5 Å². The minimum absolute atomic E-state index is 0.228. The van der Waals surface area contributed by atoms with Gasteiger partial charge in [-0.15, -0.1) is 0 Å². The summed E-state index contributed by atoms with van der Waals surface area (Å²) in [7, 11) is 0. The Hall–Kier alpha value is -1.39. The first kappa shape index (κ1) is 16.0. The fourth-order valence-electron chi connectivity index (χ4n) is 3.02. The molecule has 1 aromatic carbocycles. The summed E-state index contributed by atoms with van der Waals surface area (Å²) in [6.45, 7) is 5.55. The minimum atomic E-state index is 0.228. The highest BCUT2D eigenvalue weighted by atomic mass is 16.5. The third-order valence-corrected chi connectivity index (χ3v) is 4.21. The predicted molar refractivity (Wildman–Crippen MR) is 84.0 cm³/mol. The Morgan fingerprint density at radius 2 is 2.10 bits per heavy atom. The fraction of sp³-hybridized carbons (Fsp3) is 0.588. The van der Waals surface area contributed by atoms with Gasteiger partial charge in [-0.05, 0) is 31.4 Å². The predicted octanol–water partition coefficient (Wildman–Crippen LogP) is 2.00. The topological polar surface area (TPSA) is 55.6 Å². The third kappa shape index (κ3) is 4.29. The van der Waals surface area contributed by atoms with Crippen LogP contribution in [-0.2, 0) is 9.53 Å². The minimum Gasteiger partial charge on any atom is -0.382 e. The van der Waals surface area contributed by atoms with E-state index in [1.807, 2.05) is 17.9 Å². The molecule has 2 atom stereocenters. The normalized spacial score (nSPS) is 21.7. The Balaban J connectivity index is 1.91. The molecule has 1 aliphatic rings. The van der Waals surface area contributed by atoms with Crippen LogP contribution >= 0.6 is 0 Å². The summed E-state index contributed by atoms with van der Waals surface area (Å²) in [4.78, 5) is 14.2. The van der Waals surface area contributed by atoms with Crippen molar-refractivity contribution in [1.82, 2.24) is 4.90 Å². The molecule has 2 N–H and O–H groups in total. The van der Waals surface area contributed by atoms with E-state index in [1.165, 1.54) is 5.56 Å². The van der Waals surface area contributed by atoms with E-state index in [1.54, 1.807) is 0 Å². The van der Waals surface area contributed by atoms with Crippen molar-refractivity contribution in [3.05, 3.63) is 35.9 Å². The lowest BCUT2D eigenvalue weighted by atomic mass is 9.89. The van der Waals surface area contributed by atoms with Crippen LogP contribution in [0.15, 0.2) is 30.3 Å². The summed E-state index contributed by atoms with van der Waals surface area (Å²) >= 11 is 0. The van der Waals surface area contributed by atoms with Crippen LogP contribution < -0.4 is 5.73 Å². The summed E-state index contributed by atoms with van der Waals surface area (Å²) in [5.74, 6) is 0.960. The van der Waals surface area contributed by atoms with Crippen LogP contribution in [0.3, 0.4) is 0 Å². The van der Waals surface area contributed by atoms with Gasteiger partial charge in [0, 0.05) is 38.6 Å². The molecule has 116 valence electrons. The molecule has 4 heteroatoms. The van der Waals surface area contributed by atoms with Gasteiger partial charge >= 0.3 is 0 Å². The fourth-order valence-corrected chi connectivity index (χ4v) is 3.02. The number of carbonyl (C=O) groups is 1. The van der Waals surface area contributed by atoms with Gasteiger partial charge in [-0.25, -0.2) is 0 Å². The first-order valence-electron chi connectivity index (χ1n) is 7.86. The molecule has 0 saturated carbocycles. The average Bonchev–Trinajstić information content (AvgIpc) is 2.96. The largest absolute Gasteiger partial charge is 0.382 e. The van der Waals surface area contributed by atoms with Gasteiger partial charge in [-0.1, -0.05) is 30.3 Å². The standard InChI is InChI=1S/C17H26N2O2/c1-2-21-10-6-9-17(20)19-12-15(11-18)16(13-19)14-7-4-3-5-8-14/h3-5,7-8,15-16H,2,6,9-13,18H2,1H3/t15-,16+/m1/s1. The molecule has 0 spiro atoms. The van der Waals surface area contributed by atoms with Crippen LogP contribution in [-0.4, -0.2) is 43.7 Å².